The van der Waals surface area contributed by atoms with E-state index in [0.717, 1.165) is 18.2 Å². The van der Waals surface area contributed by atoms with Gasteiger partial charge in [0.1, 0.15) is 32.1 Å². The Balaban J connectivity index is 1.38. The van der Waals surface area contributed by atoms with E-state index in [0.29, 0.717) is 25.5 Å². The summed E-state index contributed by atoms with van der Waals surface area (Å²) in [7, 11) is -15.2. The van der Waals surface area contributed by atoms with Gasteiger partial charge in [0.15, 0.2) is 6.61 Å². The van der Waals surface area contributed by atoms with Gasteiger partial charge in [0.2, 0.25) is 5.91 Å². The number of carbonyl (C=O) groups excluding carboxylic acids is 3. The lowest BCUT2D eigenvalue weighted by Crippen LogP contribution is -2.48. The van der Waals surface area contributed by atoms with Crippen LogP contribution in [0.1, 0.15) is 33.6 Å². The molecule has 5 N–H and O–H groups in total. The van der Waals surface area contributed by atoms with Crippen LogP contribution in [0, 0.1) is 0 Å². The predicted molar refractivity (Wildman–Crippen MR) is 177 cm³/mol. The smallest absolute Gasteiger partial charge is 0.410 e. The number of nitrogens with zero attached hydrogens (tertiary/aromatic N) is 1. The summed E-state index contributed by atoms with van der Waals surface area (Å²) in [5.74, 6) is -1.42. The number of hydrogen-bond acceptors (Lipinski definition) is 11. The zero-order valence-electron chi connectivity index (χ0n) is 26.8. The highest BCUT2D eigenvalue weighted by atomic mass is 32.2. The van der Waals surface area contributed by atoms with Crippen molar-refractivity contribution in [1.82, 2.24) is 15.5 Å². The Kier molecular flexibility index (Phi) is 9.66. The van der Waals surface area contributed by atoms with Crippen molar-refractivity contribution in [1.29, 1.82) is 0 Å². The molecule has 0 spiro atoms. The molecule has 0 aliphatic carbocycles. The van der Waals surface area contributed by atoms with Crippen molar-refractivity contribution in [2.45, 2.75) is 59.9 Å². The molecule has 0 aromatic heterocycles. The van der Waals surface area contributed by atoms with E-state index in [9.17, 15) is 53.3 Å². The van der Waals surface area contributed by atoms with E-state index >= 15 is 0 Å². The molecule has 1 aliphatic rings. The van der Waals surface area contributed by atoms with Crippen LogP contribution in [-0.4, -0.2) is 99.6 Å². The minimum atomic E-state index is -5.09. The van der Waals surface area contributed by atoms with Crippen LogP contribution in [0.4, 0.5) is 4.79 Å². The van der Waals surface area contributed by atoms with E-state index in [1.807, 2.05) is 0 Å². The first kappa shape index (κ1) is 36.9. The van der Waals surface area contributed by atoms with Gasteiger partial charge in [-0.2, -0.15) is 25.3 Å². The average Bonchev–Trinajstić information content (AvgIpc) is 3.49. The van der Waals surface area contributed by atoms with Gasteiger partial charge in [0, 0.05) is 58.0 Å². The summed E-state index contributed by atoms with van der Waals surface area (Å²) in [5.41, 5.74) is -0.738. The maximum absolute atomic E-state index is 12.8. The normalized spacial score (nSPS) is 15.9. The van der Waals surface area contributed by atoms with Crippen LogP contribution in [-0.2, 0) is 44.7 Å². The number of rotatable bonds is 10. The van der Waals surface area contributed by atoms with Crippen molar-refractivity contribution in [3.8, 4) is 5.75 Å². The quantitative estimate of drug-likeness (QED) is 0.0884. The van der Waals surface area contributed by atoms with Gasteiger partial charge < -0.3 is 20.1 Å². The fraction of sp³-hybridized carbons (Fsp3) is 0.367. The van der Waals surface area contributed by atoms with Gasteiger partial charge in [0.05, 0.1) is 0 Å². The zero-order valence-corrected chi connectivity index (χ0v) is 29.2. The minimum Gasteiger partial charge on any atom is -0.483 e. The summed E-state index contributed by atoms with van der Waals surface area (Å²) in [4.78, 5) is 36.7. The van der Waals surface area contributed by atoms with Crippen LogP contribution in [0.25, 0.3) is 32.3 Å². The molecule has 0 saturated carbocycles. The molecule has 4 aromatic rings. The lowest BCUT2D eigenvalue weighted by Gasteiger charge is -2.28. The second kappa shape index (κ2) is 13.1. The van der Waals surface area contributed by atoms with E-state index in [1.165, 1.54) is 17.0 Å². The van der Waals surface area contributed by atoms with E-state index in [2.05, 4.69) is 10.6 Å². The van der Waals surface area contributed by atoms with Crippen LogP contribution >= 0.6 is 0 Å². The first-order chi connectivity index (χ1) is 23.1. The first-order valence-electron chi connectivity index (χ1n) is 15.0. The molecule has 270 valence electrons. The van der Waals surface area contributed by atoms with Crippen molar-refractivity contribution in [2.75, 3.05) is 26.2 Å². The molecule has 17 nitrogen and oxygen atoms in total. The van der Waals surface area contributed by atoms with Gasteiger partial charge in [-0.3, -0.25) is 28.1 Å². The van der Waals surface area contributed by atoms with Crippen molar-refractivity contribution in [2.24, 2.45) is 0 Å². The Morgan fingerprint density at radius 1 is 0.780 bits per heavy atom. The van der Waals surface area contributed by atoms with Gasteiger partial charge in [-0.05, 0) is 45.7 Å². The predicted octanol–water partition coefficient (Wildman–Crippen LogP) is 2.33. The van der Waals surface area contributed by atoms with Crippen LogP contribution in [0.15, 0.2) is 51.1 Å². The monoisotopic (exact) mass is 755 g/mol. The fourth-order valence-electron chi connectivity index (χ4n) is 5.90. The Bertz CT molecular complexity index is 2320. The maximum Gasteiger partial charge on any atom is 0.410 e. The summed E-state index contributed by atoms with van der Waals surface area (Å²) < 4.78 is 115. The van der Waals surface area contributed by atoms with E-state index in [1.54, 1.807) is 20.8 Å². The van der Waals surface area contributed by atoms with E-state index < -0.39 is 81.2 Å². The summed E-state index contributed by atoms with van der Waals surface area (Å²) in [6.07, 6.45) is 0.434. The lowest BCUT2D eigenvalue weighted by atomic mass is 9.93. The third kappa shape index (κ3) is 7.54. The molecule has 3 amide bonds. The molecule has 1 atom stereocenters. The Hall–Kier alpha value is -4.34. The highest BCUT2D eigenvalue weighted by Gasteiger charge is 2.36. The molecule has 4 aromatic carbocycles. The Morgan fingerprint density at radius 3 is 1.78 bits per heavy atom. The third-order valence-electron chi connectivity index (χ3n) is 7.87. The topological polar surface area (TPSA) is 260 Å². The molecule has 20 heteroatoms. The molecule has 1 aliphatic heterocycles. The summed E-state index contributed by atoms with van der Waals surface area (Å²) >= 11 is 0. The number of hydrogen-bond donors (Lipinski definition) is 5. The van der Waals surface area contributed by atoms with Gasteiger partial charge in [-0.1, -0.05) is 18.2 Å². The summed E-state index contributed by atoms with van der Waals surface area (Å²) in [5, 5.41) is 4.24. The number of amides is 3. The minimum absolute atomic E-state index is 0.0128. The fourth-order valence-corrected chi connectivity index (χ4v) is 8.11. The van der Waals surface area contributed by atoms with Crippen LogP contribution < -0.4 is 15.4 Å². The van der Waals surface area contributed by atoms with Crippen LogP contribution in [0.2, 0.25) is 0 Å². The largest absolute Gasteiger partial charge is 0.483 e. The van der Waals surface area contributed by atoms with Gasteiger partial charge in [-0.15, -0.1) is 0 Å². The van der Waals surface area contributed by atoms with Crippen molar-refractivity contribution < 1.29 is 62.8 Å². The number of ether oxygens (including phenoxy) is 2. The maximum atomic E-state index is 12.8. The third-order valence-corrected chi connectivity index (χ3v) is 10.5. The number of nitrogens with one attached hydrogen (secondary N) is 2. The Labute approximate surface area is 286 Å². The summed E-state index contributed by atoms with van der Waals surface area (Å²) in [6.45, 7) is 4.72. The molecule has 0 bridgehead atoms. The molecule has 5 rings (SSSR count). The van der Waals surface area contributed by atoms with Crippen LogP contribution in [0.5, 0.6) is 5.75 Å². The molecule has 50 heavy (non-hydrogen) atoms. The number of benzene rings is 4. The van der Waals surface area contributed by atoms with Gasteiger partial charge >= 0.3 is 6.09 Å². The highest BCUT2D eigenvalue weighted by Crippen LogP contribution is 2.45. The lowest BCUT2D eigenvalue weighted by molar-refractivity contribution is -0.126. The summed E-state index contributed by atoms with van der Waals surface area (Å²) in [6, 6.07) is 5.46. The molecular formula is C30H33N3O14S3. The van der Waals surface area contributed by atoms with E-state index in [4.69, 9.17) is 9.47 Å². The van der Waals surface area contributed by atoms with Crippen LogP contribution in [0.3, 0.4) is 0 Å². The average molecular weight is 756 g/mol. The Morgan fingerprint density at radius 2 is 1.26 bits per heavy atom. The zero-order chi connectivity index (χ0) is 37.0. The van der Waals surface area contributed by atoms with Crippen molar-refractivity contribution >= 4 is 80.6 Å². The standard InChI is InChI=1S/C30H33N3O14S3/c1-30(2,3)47-29(36)33-12-4-5-20(33)28(35)32-11-10-31-25(34)15-46-21-13-22(48(37,38)39)17-8-9-19-24(50(43,44)45)14-23(49(40,41)42)18-7-6-16(21)26(17)27(18)19/h6-9,13-14,20H,4-5,10-12,15H2,1-3H3,(H,31,34)(H,32,35)(H,37,38,39)(H,40,41,42)(H,43,44,45)/t20-/m0/s1. The second-order valence-electron chi connectivity index (χ2n) is 12.5. The second-order valence-corrected chi connectivity index (χ2v) is 16.7. The van der Waals surface area contributed by atoms with E-state index in [-0.39, 0.29) is 51.2 Å². The molecule has 0 radical (unpaired) electrons. The molecule has 0 unspecified atom stereocenters. The first-order valence-corrected chi connectivity index (χ1v) is 19.3. The van der Waals surface area contributed by atoms with Gasteiger partial charge in [-0.25, -0.2) is 4.79 Å². The van der Waals surface area contributed by atoms with Crippen molar-refractivity contribution in [3.05, 3.63) is 36.4 Å². The molecular weight excluding hydrogens is 723 g/mol. The van der Waals surface area contributed by atoms with Crippen molar-refractivity contribution in [3.63, 3.8) is 0 Å². The number of carbonyl (C=O) groups is 3. The molecule has 1 saturated heterocycles. The number of likely N-dealkylation sites (tertiary alicyclic amines) is 1. The highest BCUT2D eigenvalue weighted by molar-refractivity contribution is 7.87. The molecule has 1 heterocycles. The SMILES string of the molecule is CC(C)(C)OC(=O)N1CCC[C@H]1C(=O)NCCNC(=O)COc1cc(S(=O)(=O)O)c2ccc3c(S(=O)(=O)O)cc(S(=O)(=O)O)c4ccc1c2c43. The molecule has 1 fully saturated rings. The van der Waals surface area contributed by atoms with Gasteiger partial charge in [0.25, 0.3) is 36.3 Å².